The highest BCUT2D eigenvalue weighted by Crippen LogP contribution is 2.40. The first kappa shape index (κ1) is 13.9. The fourth-order valence-corrected chi connectivity index (χ4v) is 4.00. The lowest BCUT2D eigenvalue weighted by Gasteiger charge is -2.14. The van der Waals surface area contributed by atoms with Crippen molar-refractivity contribution in [2.24, 2.45) is 0 Å². The summed E-state index contributed by atoms with van der Waals surface area (Å²) in [6.45, 7) is 0. The largest absolute Gasteiger partial charge is 0.325 e. The number of nitrogens with zero attached hydrogens (tertiary/aromatic N) is 4. The third-order valence-corrected chi connectivity index (χ3v) is 6.07. The molecule has 2 aromatic heterocycles. The monoisotopic (exact) mass is 414 g/mol. The smallest absolute Gasteiger partial charge is 0.179 e. The van der Waals surface area contributed by atoms with Crippen LogP contribution in [0.3, 0.4) is 0 Å². The van der Waals surface area contributed by atoms with Gasteiger partial charge < -0.3 is 4.57 Å². The Morgan fingerprint density at radius 1 is 1.14 bits per heavy atom. The Labute approximate surface area is 142 Å². The molecule has 110 valence electrons. The van der Waals surface area contributed by atoms with E-state index >= 15 is 0 Å². The van der Waals surface area contributed by atoms with Gasteiger partial charge in [-0.15, -0.1) is 0 Å². The Morgan fingerprint density at radius 2 is 1.90 bits per heavy atom. The summed E-state index contributed by atoms with van der Waals surface area (Å²) in [5, 5.41) is 0.575. The zero-order valence-electron chi connectivity index (χ0n) is 11.6. The Hall–Kier alpha value is -0.690. The van der Waals surface area contributed by atoms with Crippen molar-refractivity contribution in [3.63, 3.8) is 0 Å². The van der Waals surface area contributed by atoms with Crippen molar-refractivity contribution < 1.29 is 0 Å². The number of hydrogen-bond donors (Lipinski definition) is 0. The molecular weight excluding hydrogens is 399 g/mol. The van der Waals surface area contributed by atoms with E-state index in [1.54, 1.807) is 0 Å². The molecule has 2 aliphatic carbocycles. The van der Waals surface area contributed by atoms with E-state index in [1.807, 2.05) is 12.5 Å². The van der Waals surface area contributed by atoms with Gasteiger partial charge in [0.05, 0.1) is 21.8 Å². The first-order chi connectivity index (χ1) is 10.2. The van der Waals surface area contributed by atoms with E-state index in [4.69, 9.17) is 16.6 Å². The molecule has 0 saturated heterocycles. The van der Waals surface area contributed by atoms with Crippen molar-refractivity contribution in [1.29, 1.82) is 0 Å². The molecule has 0 amide bonds. The Kier molecular flexibility index (Phi) is 3.65. The molecule has 0 aliphatic heterocycles. The summed E-state index contributed by atoms with van der Waals surface area (Å²) >= 11 is 8.66. The van der Waals surface area contributed by atoms with Crippen LogP contribution < -0.4 is 0 Å². The molecule has 2 aliphatic rings. The Bertz CT molecular complexity index is 674. The van der Waals surface area contributed by atoms with E-state index in [1.165, 1.54) is 38.5 Å². The van der Waals surface area contributed by atoms with E-state index in [0.717, 1.165) is 20.8 Å². The topological polar surface area (TPSA) is 43.6 Å². The highest BCUT2D eigenvalue weighted by atomic mass is 127. The van der Waals surface area contributed by atoms with Gasteiger partial charge in [-0.3, -0.25) is 0 Å². The maximum absolute atomic E-state index is 6.37. The van der Waals surface area contributed by atoms with Gasteiger partial charge in [0, 0.05) is 12.0 Å². The van der Waals surface area contributed by atoms with Gasteiger partial charge in [0.1, 0.15) is 10.8 Å². The molecule has 2 aromatic rings. The summed E-state index contributed by atoms with van der Waals surface area (Å²) in [5.74, 6) is 1.26. The molecule has 4 rings (SSSR count). The van der Waals surface area contributed by atoms with Crippen LogP contribution in [0, 0.1) is 3.57 Å². The van der Waals surface area contributed by atoms with Gasteiger partial charge in [-0.2, -0.15) is 0 Å². The van der Waals surface area contributed by atoms with E-state index < -0.39 is 0 Å². The molecule has 2 fully saturated rings. The van der Waals surface area contributed by atoms with Crippen molar-refractivity contribution in [1.82, 2.24) is 19.5 Å². The van der Waals surface area contributed by atoms with Crippen molar-refractivity contribution in [3.8, 4) is 11.5 Å². The molecule has 0 bridgehead atoms. The Morgan fingerprint density at radius 3 is 2.62 bits per heavy atom. The van der Waals surface area contributed by atoms with Gasteiger partial charge in [0.2, 0.25) is 0 Å². The fourth-order valence-electron chi connectivity index (χ4n) is 3.14. The summed E-state index contributed by atoms with van der Waals surface area (Å²) in [6.07, 6.45) is 11.2. The lowest BCUT2D eigenvalue weighted by Crippen LogP contribution is -2.06. The minimum Gasteiger partial charge on any atom is -0.325 e. The zero-order valence-corrected chi connectivity index (χ0v) is 14.5. The standard InChI is InChI=1S/C15H16ClIN4/c16-14-12(17)13(9-3-1-2-4-9)19-15(20-14)11-7-18-8-21(11)10-5-6-10/h7-10H,1-6H2. The highest BCUT2D eigenvalue weighted by molar-refractivity contribution is 14.1. The van der Waals surface area contributed by atoms with Gasteiger partial charge in [-0.05, 0) is 48.3 Å². The summed E-state index contributed by atoms with van der Waals surface area (Å²) in [4.78, 5) is 13.6. The molecule has 0 unspecified atom stereocenters. The molecule has 2 saturated carbocycles. The van der Waals surface area contributed by atoms with E-state index in [-0.39, 0.29) is 0 Å². The quantitative estimate of drug-likeness (QED) is 0.545. The average Bonchev–Trinajstić information content (AvgIpc) is 3.01. The summed E-state index contributed by atoms with van der Waals surface area (Å²) in [6, 6.07) is 0.569. The van der Waals surface area contributed by atoms with Crippen LogP contribution in [0.15, 0.2) is 12.5 Å². The molecule has 6 heteroatoms. The molecule has 0 radical (unpaired) electrons. The number of rotatable bonds is 3. The van der Waals surface area contributed by atoms with Crippen LogP contribution in [0.25, 0.3) is 11.5 Å². The molecule has 0 aromatic carbocycles. The lowest BCUT2D eigenvalue weighted by atomic mass is 10.0. The van der Waals surface area contributed by atoms with Crippen LogP contribution in [0.4, 0.5) is 0 Å². The van der Waals surface area contributed by atoms with Crippen molar-refractivity contribution >= 4 is 34.2 Å². The first-order valence-corrected chi connectivity index (χ1v) is 8.95. The highest BCUT2D eigenvalue weighted by Gasteiger charge is 2.28. The second kappa shape index (κ2) is 5.50. The van der Waals surface area contributed by atoms with Crippen molar-refractivity contribution in [2.45, 2.75) is 50.5 Å². The van der Waals surface area contributed by atoms with Gasteiger partial charge >= 0.3 is 0 Å². The van der Waals surface area contributed by atoms with Crippen LogP contribution in [0.5, 0.6) is 0 Å². The molecule has 0 spiro atoms. The second-order valence-corrected chi connectivity index (χ2v) is 7.37. The minimum atomic E-state index is 0.536. The van der Waals surface area contributed by atoms with Gasteiger partial charge in [-0.25, -0.2) is 15.0 Å². The molecule has 4 nitrogen and oxygen atoms in total. The normalized spacial score (nSPS) is 19.3. The Balaban J connectivity index is 1.79. The van der Waals surface area contributed by atoms with Crippen LogP contribution in [0.1, 0.15) is 56.2 Å². The third kappa shape index (κ3) is 2.59. The summed E-state index contributed by atoms with van der Waals surface area (Å²) in [5.41, 5.74) is 2.13. The fraction of sp³-hybridized carbons (Fsp3) is 0.533. The van der Waals surface area contributed by atoms with Crippen LogP contribution in [-0.4, -0.2) is 19.5 Å². The number of hydrogen-bond acceptors (Lipinski definition) is 3. The number of halogens is 2. The van der Waals surface area contributed by atoms with Gasteiger partial charge in [-0.1, -0.05) is 24.4 Å². The third-order valence-electron chi connectivity index (χ3n) is 4.41. The van der Waals surface area contributed by atoms with Gasteiger partial charge in [0.15, 0.2) is 5.82 Å². The maximum Gasteiger partial charge on any atom is 0.179 e. The average molecular weight is 415 g/mol. The number of aromatic nitrogens is 4. The van der Waals surface area contributed by atoms with Crippen LogP contribution in [0.2, 0.25) is 5.15 Å². The SMILES string of the molecule is Clc1nc(-c2cncn2C2CC2)nc(C2CCCC2)c1I. The maximum atomic E-state index is 6.37. The second-order valence-electron chi connectivity index (χ2n) is 5.94. The predicted molar refractivity (Wildman–Crippen MR) is 90.5 cm³/mol. The minimum absolute atomic E-state index is 0.536. The van der Waals surface area contributed by atoms with E-state index in [9.17, 15) is 0 Å². The van der Waals surface area contributed by atoms with E-state index in [2.05, 4.69) is 37.1 Å². The van der Waals surface area contributed by atoms with Crippen LogP contribution >= 0.6 is 34.2 Å². The van der Waals surface area contributed by atoms with E-state index in [0.29, 0.717) is 17.1 Å². The van der Waals surface area contributed by atoms with Crippen LogP contribution in [-0.2, 0) is 0 Å². The summed E-state index contributed by atoms with van der Waals surface area (Å²) in [7, 11) is 0. The predicted octanol–water partition coefficient (Wildman–Crippen LogP) is 4.59. The number of imidazole rings is 1. The molecule has 0 atom stereocenters. The molecular formula is C15H16ClIN4. The van der Waals surface area contributed by atoms with Crippen molar-refractivity contribution in [2.75, 3.05) is 0 Å². The first-order valence-electron chi connectivity index (χ1n) is 7.49. The van der Waals surface area contributed by atoms with Crippen molar-refractivity contribution in [3.05, 3.63) is 26.9 Å². The summed E-state index contributed by atoms with van der Waals surface area (Å²) < 4.78 is 3.21. The molecule has 21 heavy (non-hydrogen) atoms. The zero-order chi connectivity index (χ0) is 14.4. The molecule has 0 N–H and O–H groups in total. The van der Waals surface area contributed by atoms with Gasteiger partial charge in [0.25, 0.3) is 0 Å². The lowest BCUT2D eigenvalue weighted by molar-refractivity contribution is 0.686. The molecule has 2 heterocycles.